The lowest BCUT2D eigenvalue weighted by atomic mass is 9.90. The molecule has 3 N–H and O–H groups in total. The van der Waals surface area contributed by atoms with E-state index in [1.54, 1.807) is 0 Å². The largest absolute Gasteiger partial charge is 0.493 e. The molecule has 4 nitrogen and oxygen atoms in total. The fourth-order valence-electron chi connectivity index (χ4n) is 2.61. The van der Waals surface area contributed by atoms with Crippen LogP contribution in [0.25, 0.3) is 0 Å². The van der Waals surface area contributed by atoms with E-state index in [1.807, 2.05) is 25.1 Å². The number of nitrogens with two attached hydrogens (primary N) is 1. The van der Waals surface area contributed by atoms with Crippen molar-refractivity contribution in [3.63, 3.8) is 0 Å². The molecule has 0 saturated heterocycles. The van der Waals surface area contributed by atoms with Crippen LogP contribution < -0.4 is 20.7 Å². The molecule has 0 atom stereocenters. The van der Waals surface area contributed by atoms with Crippen molar-refractivity contribution >= 4 is 0 Å². The van der Waals surface area contributed by atoms with E-state index in [4.69, 9.17) is 15.3 Å². The first kappa shape index (κ1) is 15.1. The van der Waals surface area contributed by atoms with Crippen molar-refractivity contribution in [1.29, 1.82) is 0 Å². The third-order valence-electron chi connectivity index (χ3n) is 3.87. The van der Waals surface area contributed by atoms with Crippen LogP contribution in [-0.4, -0.2) is 19.8 Å². The second-order valence-corrected chi connectivity index (χ2v) is 5.54. The van der Waals surface area contributed by atoms with Gasteiger partial charge < -0.3 is 9.47 Å². The normalized spacial score (nSPS) is 16.1. The summed E-state index contributed by atoms with van der Waals surface area (Å²) in [4.78, 5) is 0. The zero-order valence-electron chi connectivity index (χ0n) is 12.4. The topological polar surface area (TPSA) is 56.5 Å². The van der Waals surface area contributed by atoms with E-state index in [-0.39, 0.29) is 0 Å². The number of nitrogens with one attached hydrogen (secondary N) is 1. The zero-order valence-corrected chi connectivity index (χ0v) is 12.4. The van der Waals surface area contributed by atoms with Crippen LogP contribution >= 0.6 is 0 Å². The second-order valence-electron chi connectivity index (χ2n) is 5.54. The molecule has 4 heteroatoms. The van der Waals surface area contributed by atoms with Crippen molar-refractivity contribution < 1.29 is 9.47 Å². The highest BCUT2D eigenvalue weighted by atomic mass is 16.5. The van der Waals surface area contributed by atoms with Gasteiger partial charge in [0.2, 0.25) is 0 Å². The molecule has 0 spiro atoms. The zero-order chi connectivity index (χ0) is 14.2. The first-order valence-electron chi connectivity index (χ1n) is 7.59. The van der Waals surface area contributed by atoms with Crippen molar-refractivity contribution in [2.75, 3.05) is 19.8 Å². The summed E-state index contributed by atoms with van der Waals surface area (Å²) in [6, 6.07) is 6.04. The van der Waals surface area contributed by atoms with E-state index in [2.05, 4.69) is 5.43 Å². The summed E-state index contributed by atoms with van der Waals surface area (Å²) < 4.78 is 11.6. The molecule has 20 heavy (non-hydrogen) atoms. The molecule has 0 aromatic heterocycles. The minimum absolute atomic E-state index is 0.559. The summed E-state index contributed by atoms with van der Waals surface area (Å²) in [6.07, 6.45) is 6.69. The van der Waals surface area contributed by atoms with Crippen LogP contribution in [0, 0.1) is 12.8 Å². The monoisotopic (exact) mass is 278 g/mol. The Morgan fingerprint density at radius 3 is 2.75 bits per heavy atom. The molecule has 0 aliphatic heterocycles. The highest BCUT2D eigenvalue weighted by Crippen LogP contribution is 2.27. The number of rotatable bonds is 7. The average molecular weight is 278 g/mol. The molecular formula is C16H26N2O2. The molecule has 1 aromatic rings. The Labute approximate surface area is 121 Å². The minimum Gasteiger partial charge on any atom is -0.493 e. The van der Waals surface area contributed by atoms with Crippen LogP contribution in [0.2, 0.25) is 0 Å². The smallest absolute Gasteiger partial charge is 0.125 e. The maximum absolute atomic E-state index is 5.93. The van der Waals surface area contributed by atoms with Gasteiger partial charge in [-0.1, -0.05) is 25.3 Å². The molecule has 0 unspecified atom stereocenters. The Hall–Kier alpha value is -1.26. The Morgan fingerprint density at radius 1 is 1.20 bits per heavy atom. The molecule has 0 bridgehead atoms. The van der Waals surface area contributed by atoms with Crippen LogP contribution in [-0.2, 0) is 0 Å². The Kier molecular flexibility index (Phi) is 6.15. The fourth-order valence-corrected chi connectivity index (χ4v) is 2.61. The quantitative estimate of drug-likeness (QED) is 0.457. The van der Waals surface area contributed by atoms with Gasteiger partial charge in [0.25, 0.3) is 0 Å². The number of hydrazine groups is 1. The van der Waals surface area contributed by atoms with Gasteiger partial charge in [0.05, 0.1) is 6.61 Å². The molecule has 0 radical (unpaired) electrons. The lowest BCUT2D eigenvalue weighted by Gasteiger charge is -2.22. The van der Waals surface area contributed by atoms with Crippen molar-refractivity contribution in [3.8, 4) is 11.5 Å². The SMILES string of the molecule is Cc1ccc(OCC2CCCCC2)cc1OCCNN. The highest BCUT2D eigenvalue weighted by Gasteiger charge is 2.14. The fraction of sp³-hybridized carbons (Fsp3) is 0.625. The summed E-state index contributed by atoms with van der Waals surface area (Å²) in [5, 5.41) is 0. The van der Waals surface area contributed by atoms with Gasteiger partial charge in [-0.15, -0.1) is 0 Å². The van der Waals surface area contributed by atoms with E-state index in [0.29, 0.717) is 13.2 Å². The number of benzene rings is 1. The Balaban J connectivity index is 1.85. The lowest BCUT2D eigenvalue weighted by molar-refractivity contribution is 0.207. The number of aryl methyl sites for hydroxylation is 1. The second kappa shape index (κ2) is 8.12. The van der Waals surface area contributed by atoms with Crippen LogP contribution in [0.1, 0.15) is 37.7 Å². The summed E-state index contributed by atoms with van der Waals surface area (Å²) in [6.45, 7) is 4.05. The highest BCUT2D eigenvalue weighted by molar-refractivity contribution is 5.39. The van der Waals surface area contributed by atoms with Crippen molar-refractivity contribution in [1.82, 2.24) is 5.43 Å². The van der Waals surface area contributed by atoms with Gasteiger partial charge >= 0.3 is 0 Å². The molecule has 0 amide bonds. The van der Waals surface area contributed by atoms with E-state index < -0.39 is 0 Å². The first-order chi connectivity index (χ1) is 9.79. The molecule has 1 aliphatic carbocycles. The third-order valence-corrected chi connectivity index (χ3v) is 3.87. The summed E-state index contributed by atoms with van der Waals surface area (Å²) >= 11 is 0. The third kappa shape index (κ3) is 4.69. The van der Waals surface area contributed by atoms with E-state index in [1.165, 1.54) is 32.1 Å². The molecule has 1 aromatic carbocycles. The van der Waals surface area contributed by atoms with Gasteiger partial charge in [0.15, 0.2) is 0 Å². The molecule has 0 heterocycles. The molecule has 2 rings (SSSR count). The van der Waals surface area contributed by atoms with Gasteiger partial charge in [-0.2, -0.15) is 0 Å². The molecule has 1 saturated carbocycles. The number of hydrogen-bond donors (Lipinski definition) is 2. The van der Waals surface area contributed by atoms with Gasteiger partial charge in [-0.25, -0.2) is 0 Å². The predicted molar refractivity (Wildman–Crippen MR) is 80.9 cm³/mol. The summed E-state index contributed by atoms with van der Waals surface area (Å²) in [5.74, 6) is 7.73. The Bertz CT molecular complexity index is 403. The van der Waals surface area contributed by atoms with Gasteiger partial charge in [-0.05, 0) is 37.3 Å². The predicted octanol–water partition coefficient (Wildman–Crippen LogP) is 2.80. The van der Waals surface area contributed by atoms with Crippen LogP contribution in [0.15, 0.2) is 18.2 Å². The van der Waals surface area contributed by atoms with Crippen molar-refractivity contribution in [3.05, 3.63) is 23.8 Å². The van der Waals surface area contributed by atoms with E-state index in [9.17, 15) is 0 Å². The molecule has 1 fully saturated rings. The van der Waals surface area contributed by atoms with Crippen molar-refractivity contribution in [2.24, 2.45) is 11.8 Å². The molecule has 1 aliphatic rings. The van der Waals surface area contributed by atoms with Gasteiger partial charge in [-0.3, -0.25) is 11.3 Å². The number of hydrogen-bond acceptors (Lipinski definition) is 4. The maximum atomic E-state index is 5.93. The van der Waals surface area contributed by atoms with E-state index in [0.717, 1.165) is 29.6 Å². The average Bonchev–Trinajstić information content (AvgIpc) is 2.49. The summed E-state index contributed by atoms with van der Waals surface area (Å²) in [7, 11) is 0. The first-order valence-corrected chi connectivity index (χ1v) is 7.59. The van der Waals surface area contributed by atoms with Gasteiger partial charge in [0.1, 0.15) is 18.1 Å². The lowest BCUT2D eigenvalue weighted by Crippen LogP contribution is -2.27. The summed E-state index contributed by atoms with van der Waals surface area (Å²) in [5.41, 5.74) is 3.70. The Morgan fingerprint density at radius 2 is 2.00 bits per heavy atom. The van der Waals surface area contributed by atoms with E-state index >= 15 is 0 Å². The molecule has 112 valence electrons. The van der Waals surface area contributed by atoms with Crippen LogP contribution in [0.4, 0.5) is 0 Å². The van der Waals surface area contributed by atoms with Crippen LogP contribution in [0.5, 0.6) is 11.5 Å². The maximum Gasteiger partial charge on any atom is 0.125 e. The molecular weight excluding hydrogens is 252 g/mol. The minimum atomic E-state index is 0.559. The standard InChI is InChI=1S/C16H26N2O2/c1-13-7-8-15(11-16(13)19-10-9-18-17)20-12-14-5-3-2-4-6-14/h7-8,11,14,18H,2-6,9-10,12,17H2,1H3. The van der Waals surface area contributed by atoms with Gasteiger partial charge in [0, 0.05) is 12.6 Å². The van der Waals surface area contributed by atoms with Crippen LogP contribution in [0.3, 0.4) is 0 Å². The van der Waals surface area contributed by atoms with Crippen molar-refractivity contribution in [2.45, 2.75) is 39.0 Å². The number of ether oxygens (including phenoxy) is 2.